The van der Waals surface area contributed by atoms with Gasteiger partial charge >= 0.3 is 0 Å². The summed E-state index contributed by atoms with van der Waals surface area (Å²) in [5.74, 6) is 0.439. The number of nitrogens with zero attached hydrogens (tertiary/aromatic N) is 2. The van der Waals surface area contributed by atoms with E-state index in [0.717, 1.165) is 19.3 Å². The number of carbonyl (C=O) groups is 3. The fourth-order valence-corrected chi connectivity index (χ4v) is 3.74. The van der Waals surface area contributed by atoms with Crippen LogP contribution < -0.4 is 20.7 Å². The average Bonchev–Trinajstić information content (AvgIpc) is 2.72. The summed E-state index contributed by atoms with van der Waals surface area (Å²) < 4.78 is 5.44. The van der Waals surface area contributed by atoms with Gasteiger partial charge in [-0.25, -0.2) is 0 Å². The molecular formula is C20H28N4O4. The summed E-state index contributed by atoms with van der Waals surface area (Å²) in [4.78, 5) is 40.3. The molecule has 28 heavy (non-hydrogen) atoms. The Bertz CT molecular complexity index is 724. The number of hydrogen-bond acceptors (Lipinski definition) is 5. The maximum Gasteiger partial charge on any atom is 0.265 e. The number of nitrogens with one attached hydrogen (secondary N) is 1. The predicted octanol–water partition coefficient (Wildman–Crippen LogP) is 0.648. The average molecular weight is 388 g/mol. The molecule has 2 aliphatic heterocycles. The topological polar surface area (TPSA) is 105 Å². The fraction of sp³-hybridized carbons (Fsp3) is 0.550. The van der Waals surface area contributed by atoms with E-state index in [1.165, 1.54) is 0 Å². The van der Waals surface area contributed by atoms with Crippen LogP contribution in [-0.4, -0.2) is 61.4 Å². The lowest BCUT2D eigenvalue weighted by atomic mass is 10.0. The maximum absolute atomic E-state index is 12.9. The van der Waals surface area contributed by atoms with Crippen molar-refractivity contribution in [1.29, 1.82) is 0 Å². The number of fused-ring (bicyclic) bond motifs is 1. The zero-order valence-corrected chi connectivity index (χ0v) is 16.1. The van der Waals surface area contributed by atoms with E-state index in [-0.39, 0.29) is 36.8 Å². The number of nitrogens with two attached hydrogens (primary N) is 1. The summed E-state index contributed by atoms with van der Waals surface area (Å²) in [5.41, 5.74) is 6.11. The van der Waals surface area contributed by atoms with Crippen LogP contribution in [0.25, 0.3) is 0 Å². The van der Waals surface area contributed by atoms with Crippen LogP contribution in [0.15, 0.2) is 24.3 Å². The van der Waals surface area contributed by atoms with Crippen molar-refractivity contribution in [3.8, 4) is 5.75 Å². The number of para-hydroxylation sites is 2. The monoisotopic (exact) mass is 388 g/mol. The third-order valence-corrected chi connectivity index (χ3v) is 5.21. The highest BCUT2D eigenvalue weighted by Crippen LogP contribution is 2.31. The predicted molar refractivity (Wildman–Crippen MR) is 105 cm³/mol. The van der Waals surface area contributed by atoms with Crippen LogP contribution in [0.5, 0.6) is 5.75 Å². The Morgan fingerprint density at radius 2 is 2.04 bits per heavy atom. The van der Waals surface area contributed by atoms with Crippen LogP contribution in [-0.2, 0) is 14.4 Å². The Kier molecular flexibility index (Phi) is 6.86. The number of rotatable bonds is 7. The summed E-state index contributed by atoms with van der Waals surface area (Å²) in [5, 5.41) is 2.87. The number of piperidine rings is 1. The minimum atomic E-state index is -0.143. The quantitative estimate of drug-likeness (QED) is 0.714. The minimum Gasteiger partial charge on any atom is -0.482 e. The van der Waals surface area contributed by atoms with Crippen LogP contribution in [0.1, 0.15) is 32.1 Å². The molecule has 0 aliphatic carbocycles. The number of benzene rings is 1. The molecular weight excluding hydrogens is 360 g/mol. The van der Waals surface area contributed by atoms with Gasteiger partial charge < -0.3 is 25.6 Å². The Hall–Kier alpha value is -2.61. The van der Waals surface area contributed by atoms with Gasteiger partial charge in [-0.3, -0.25) is 14.4 Å². The Balaban J connectivity index is 1.58. The number of amides is 3. The van der Waals surface area contributed by atoms with Crippen molar-refractivity contribution < 1.29 is 19.1 Å². The second-order valence-corrected chi connectivity index (χ2v) is 7.13. The molecule has 3 amide bonds. The lowest BCUT2D eigenvalue weighted by molar-refractivity contribution is -0.135. The number of anilines is 1. The number of hydrogen-bond donors (Lipinski definition) is 2. The van der Waals surface area contributed by atoms with Crippen LogP contribution in [0.2, 0.25) is 0 Å². The van der Waals surface area contributed by atoms with E-state index in [9.17, 15) is 14.4 Å². The van der Waals surface area contributed by atoms with Gasteiger partial charge in [-0.15, -0.1) is 0 Å². The Morgan fingerprint density at radius 3 is 2.86 bits per heavy atom. The van der Waals surface area contributed by atoms with Gasteiger partial charge in [0.1, 0.15) is 5.75 Å². The van der Waals surface area contributed by atoms with Gasteiger partial charge in [-0.05, 0) is 31.4 Å². The molecule has 2 heterocycles. The summed E-state index contributed by atoms with van der Waals surface area (Å²) in [7, 11) is 0. The summed E-state index contributed by atoms with van der Waals surface area (Å²) >= 11 is 0. The molecule has 0 spiro atoms. The van der Waals surface area contributed by atoms with Gasteiger partial charge in [0.05, 0.1) is 5.69 Å². The molecule has 1 aromatic carbocycles. The lowest BCUT2D eigenvalue weighted by Crippen LogP contribution is -2.50. The summed E-state index contributed by atoms with van der Waals surface area (Å²) in [6, 6.07) is 7.35. The van der Waals surface area contributed by atoms with Crippen molar-refractivity contribution in [1.82, 2.24) is 10.2 Å². The van der Waals surface area contributed by atoms with Crippen molar-refractivity contribution in [3.63, 3.8) is 0 Å². The van der Waals surface area contributed by atoms with Gasteiger partial charge in [-0.1, -0.05) is 12.1 Å². The molecule has 2 aliphatic rings. The highest BCUT2D eigenvalue weighted by molar-refractivity contribution is 5.98. The Morgan fingerprint density at radius 1 is 1.21 bits per heavy atom. The molecule has 1 atom stereocenters. The third-order valence-electron chi connectivity index (χ3n) is 5.21. The van der Waals surface area contributed by atoms with Crippen molar-refractivity contribution in [2.75, 3.05) is 37.7 Å². The fourth-order valence-electron chi connectivity index (χ4n) is 3.74. The maximum atomic E-state index is 12.9. The van der Waals surface area contributed by atoms with E-state index in [4.69, 9.17) is 10.5 Å². The van der Waals surface area contributed by atoms with E-state index in [0.29, 0.717) is 44.0 Å². The first-order chi connectivity index (χ1) is 13.6. The molecule has 0 aromatic heterocycles. The smallest absolute Gasteiger partial charge is 0.265 e. The van der Waals surface area contributed by atoms with E-state index in [1.54, 1.807) is 4.90 Å². The van der Waals surface area contributed by atoms with Gasteiger partial charge in [0.25, 0.3) is 5.91 Å². The molecule has 152 valence electrons. The number of ether oxygens (including phenoxy) is 1. The second-order valence-electron chi connectivity index (χ2n) is 7.13. The van der Waals surface area contributed by atoms with E-state index >= 15 is 0 Å². The molecule has 3 N–H and O–H groups in total. The van der Waals surface area contributed by atoms with Crippen molar-refractivity contribution in [2.24, 2.45) is 5.73 Å². The highest BCUT2D eigenvalue weighted by atomic mass is 16.5. The van der Waals surface area contributed by atoms with E-state index < -0.39 is 0 Å². The van der Waals surface area contributed by atoms with E-state index in [2.05, 4.69) is 5.32 Å². The van der Waals surface area contributed by atoms with E-state index in [1.807, 2.05) is 29.2 Å². The SMILES string of the molecule is NCCC(=O)NCC1CCCCN1C(=O)CCN1C(=O)COc2ccccc21. The normalized spacial score (nSPS) is 19.0. The summed E-state index contributed by atoms with van der Waals surface area (Å²) in [6.45, 7) is 1.76. The third kappa shape index (κ3) is 4.81. The highest BCUT2D eigenvalue weighted by Gasteiger charge is 2.29. The summed E-state index contributed by atoms with van der Waals surface area (Å²) in [6.07, 6.45) is 3.40. The number of carbonyl (C=O) groups excluding carboxylic acids is 3. The van der Waals surface area contributed by atoms with Crippen LogP contribution in [0, 0.1) is 0 Å². The van der Waals surface area contributed by atoms with Crippen LogP contribution in [0.3, 0.4) is 0 Å². The lowest BCUT2D eigenvalue weighted by Gasteiger charge is -2.37. The molecule has 0 bridgehead atoms. The molecule has 0 radical (unpaired) electrons. The minimum absolute atomic E-state index is 0.00403. The van der Waals surface area contributed by atoms with Gasteiger partial charge in [0.2, 0.25) is 11.8 Å². The first-order valence-corrected chi connectivity index (χ1v) is 9.88. The first kappa shape index (κ1) is 20.1. The van der Waals surface area contributed by atoms with Crippen LogP contribution in [0.4, 0.5) is 5.69 Å². The molecule has 3 rings (SSSR count). The van der Waals surface area contributed by atoms with Crippen molar-refractivity contribution >= 4 is 23.4 Å². The molecule has 1 aromatic rings. The van der Waals surface area contributed by atoms with Crippen LogP contribution >= 0.6 is 0 Å². The second kappa shape index (κ2) is 9.54. The van der Waals surface area contributed by atoms with Gasteiger partial charge in [0.15, 0.2) is 6.61 Å². The molecule has 8 nitrogen and oxygen atoms in total. The largest absolute Gasteiger partial charge is 0.482 e. The molecule has 1 saturated heterocycles. The molecule has 0 saturated carbocycles. The van der Waals surface area contributed by atoms with Gasteiger partial charge in [-0.2, -0.15) is 0 Å². The van der Waals surface area contributed by atoms with Gasteiger partial charge in [0, 0.05) is 45.1 Å². The van der Waals surface area contributed by atoms with Crippen molar-refractivity contribution in [3.05, 3.63) is 24.3 Å². The number of likely N-dealkylation sites (tertiary alicyclic amines) is 1. The standard InChI is InChI=1S/C20H28N4O4/c21-10-8-18(25)22-13-15-5-3-4-11-23(15)19(26)9-12-24-16-6-1-2-7-17(16)28-14-20(24)27/h1-2,6-7,15H,3-5,8-14,21H2,(H,22,25). The zero-order valence-electron chi connectivity index (χ0n) is 16.1. The Labute approximate surface area is 165 Å². The molecule has 8 heteroatoms. The van der Waals surface area contributed by atoms with Crippen molar-refractivity contribution in [2.45, 2.75) is 38.1 Å². The zero-order chi connectivity index (χ0) is 19.9. The molecule has 1 fully saturated rings. The molecule has 1 unspecified atom stereocenters. The first-order valence-electron chi connectivity index (χ1n) is 9.88.